The highest BCUT2D eigenvalue weighted by Gasteiger charge is 2.47. The lowest BCUT2D eigenvalue weighted by Gasteiger charge is -2.35. The minimum atomic E-state index is -0.766. The minimum absolute atomic E-state index is 0.00913. The zero-order valence-electron chi connectivity index (χ0n) is 17.3. The average molecular weight is 387 g/mol. The van der Waals surface area contributed by atoms with Crippen LogP contribution in [-0.2, 0) is 16.1 Å². The van der Waals surface area contributed by atoms with E-state index < -0.39 is 5.54 Å². The second-order valence-electron chi connectivity index (χ2n) is 8.35. The topological polar surface area (TPSA) is 58.6 Å². The van der Waals surface area contributed by atoms with Gasteiger partial charge in [0.15, 0.2) is 0 Å². The Morgan fingerprint density at radius 3 is 2.43 bits per heavy atom. The second-order valence-corrected chi connectivity index (χ2v) is 8.35. The SMILES string of the molecule is CCOc1ccc(CN2C(=O)CC[C@@]2(C)C(=O)NC2CCCCCCC2)cc1. The molecule has 1 saturated heterocycles. The van der Waals surface area contributed by atoms with Crippen molar-refractivity contribution in [2.45, 2.75) is 89.8 Å². The molecule has 1 saturated carbocycles. The molecular formula is C23H34N2O3. The van der Waals surface area contributed by atoms with Gasteiger partial charge < -0.3 is 15.0 Å². The Bertz CT molecular complexity index is 665. The first-order chi connectivity index (χ1) is 13.5. The summed E-state index contributed by atoms with van der Waals surface area (Å²) >= 11 is 0. The number of carbonyl (C=O) groups excluding carboxylic acids is 2. The summed E-state index contributed by atoms with van der Waals surface area (Å²) in [7, 11) is 0. The van der Waals surface area contributed by atoms with Gasteiger partial charge in [-0.15, -0.1) is 0 Å². The van der Waals surface area contributed by atoms with Crippen molar-refractivity contribution in [2.24, 2.45) is 0 Å². The number of amides is 2. The van der Waals surface area contributed by atoms with Gasteiger partial charge in [-0.05, 0) is 50.8 Å². The lowest BCUT2D eigenvalue weighted by molar-refractivity contribution is -0.141. The van der Waals surface area contributed by atoms with E-state index in [4.69, 9.17) is 4.74 Å². The fourth-order valence-electron chi connectivity index (χ4n) is 4.38. The molecule has 2 aliphatic rings. The molecule has 0 aromatic heterocycles. The van der Waals surface area contributed by atoms with E-state index in [-0.39, 0.29) is 17.9 Å². The van der Waals surface area contributed by atoms with Gasteiger partial charge in [0.05, 0.1) is 6.61 Å². The lowest BCUT2D eigenvalue weighted by Crippen LogP contribution is -2.56. The maximum Gasteiger partial charge on any atom is 0.245 e. The Kier molecular flexibility index (Phi) is 6.97. The first kappa shape index (κ1) is 20.7. The van der Waals surface area contributed by atoms with Gasteiger partial charge in [0, 0.05) is 19.0 Å². The van der Waals surface area contributed by atoms with Crippen LogP contribution in [0.5, 0.6) is 5.75 Å². The summed E-state index contributed by atoms with van der Waals surface area (Å²) in [6, 6.07) is 8.04. The van der Waals surface area contributed by atoms with Crippen LogP contribution in [0, 0.1) is 0 Å². The van der Waals surface area contributed by atoms with Crippen LogP contribution < -0.4 is 10.1 Å². The number of nitrogens with one attached hydrogen (secondary N) is 1. The van der Waals surface area contributed by atoms with Crippen LogP contribution in [0.15, 0.2) is 24.3 Å². The molecule has 0 spiro atoms. The predicted octanol–water partition coefficient (Wildman–Crippen LogP) is 4.20. The van der Waals surface area contributed by atoms with Crippen LogP contribution in [0.4, 0.5) is 0 Å². The van der Waals surface area contributed by atoms with Crippen molar-refractivity contribution < 1.29 is 14.3 Å². The van der Waals surface area contributed by atoms with Crippen LogP contribution in [0.1, 0.15) is 77.2 Å². The van der Waals surface area contributed by atoms with Gasteiger partial charge in [-0.3, -0.25) is 9.59 Å². The molecular weight excluding hydrogens is 352 g/mol. The number of nitrogens with zero attached hydrogens (tertiary/aromatic N) is 1. The van der Waals surface area contributed by atoms with E-state index in [1.807, 2.05) is 38.1 Å². The highest BCUT2D eigenvalue weighted by Crippen LogP contribution is 2.33. The maximum absolute atomic E-state index is 13.2. The normalized spacial score (nSPS) is 23.9. The van der Waals surface area contributed by atoms with Crippen LogP contribution in [0.3, 0.4) is 0 Å². The summed E-state index contributed by atoms with van der Waals surface area (Å²) in [5, 5.41) is 3.28. The van der Waals surface area contributed by atoms with E-state index in [1.165, 1.54) is 32.1 Å². The highest BCUT2D eigenvalue weighted by atomic mass is 16.5. The van der Waals surface area contributed by atoms with Crippen molar-refractivity contribution in [3.63, 3.8) is 0 Å². The molecule has 0 bridgehead atoms. The lowest BCUT2D eigenvalue weighted by atomic mass is 9.93. The molecule has 0 radical (unpaired) electrons. The predicted molar refractivity (Wildman–Crippen MR) is 110 cm³/mol. The molecule has 1 heterocycles. The van der Waals surface area contributed by atoms with Crippen molar-refractivity contribution in [1.82, 2.24) is 10.2 Å². The molecule has 3 rings (SSSR count). The van der Waals surface area contributed by atoms with E-state index >= 15 is 0 Å². The van der Waals surface area contributed by atoms with E-state index in [0.717, 1.165) is 24.2 Å². The number of hydrogen-bond donors (Lipinski definition) is 1. The summed E-state index contributed by atoms with van der Waals surface area (Å²) < 4.78 is 5.49. The Labute approximate surface area is 168 Å². The van der Waals surface area contributed by atoms with Crippen LogP contribution >= 0.6 is 0 Å². The molecule has 5 nitrogen and oxygen atoms in total. The van der Waals surface area contributed by atoms with Crippen LogP contribution in [-0.4, -0.2) is 34.9 Å². The van der Waals surface area contributed by atoms with Crippen molar-refractivity contribution in [2.75, 3.05) is 6.61 Å². The summed E-state index contributed by atoms with van der Waals surface area (Å²) in [5.41, 5.74) is 0.251. The van der Waals surface area contributed by atoms with Crippen molar-refractivity contribution in [1.29, 1.82) is 0 Å². The standard InChI is InChI=1S/C23H34N2O3/c1-3-28-20-13-11-18(12-14-20)17-25-21(26)15-16-23(25,2)22(27)24-19-9-7-5-4-6-8-10-19/h11-14,19H,3-10,15-17H2,1-2H3,(H,24,27)/t23-/m0/s1. The highest BCUT2D eigenvalue weighted by molar-refractivity contribution is 5.94. The Morgan fingerprint density at radius 1 is 1.14 bits per heavy atom. The van der Waals surface area contributed by atoms with E-state index in [9.17, 15) is 9.59 Å². The molecule has 1 aliphatic carbocycles. The minimum Gasteiger partial charge on any atom is -0.494 e. The van der Waals surface area contributed by atoms with E-state index in [1.54, 1.807) is 4.90 Å². The quantitative estimate of drug-likeness (QED) is 0.797. The largest absolute Gasteiger partial charge is 0.494 e. The van der Waals surface area contributed by atoms with Gasteiger partial charge in [0.25, 0.3) is 0 Å². The van der Waals surface area contributed by atoms with E-state index in [0.29, 0.717) is 26.0 Å². The third kappa shape index (κ3) is 4.86. The molecule has 0 unspecified atom stereocenters. The molecule has 1 aromatic carbocycles. The molecule has 1 aromatic rings. The number of benzene rings is 1. The summed E-state index contributed by atoms with van der Waals surface area (Å²) in [4.78, 5) is 27.5. The number of carbonyl (C=O) groups is 2. The fraction of sp³-hybridized carbons (Fsp3) is 0.652. The van der Waals surface area contributed by atoms with Gasteiger partial charge in [-0.25, -0.2) is 0 Å². The van der Waals surface area contributed by atoms with Crippen LogP contribution in [0.25, 0.3) is 0 Å². The first-order valence-corrected chi connectivity index (χ1v) is 10.9. The van der Waals surface area contributed by atoms with Crippen molar-refractivity contribution >= 4 is 11.8 Å². The van der Waals surface area contributed by atoms with Gasteiger partial charge in [0.1, 0.15) is 11.3 Å². The van der Waals surface area contributed by atoms with Crippen LogP contribution in [0.2, 0.25) is 0 Å². The summed E-state index contributed by atoms with van der Waals surface area (Å²) in [6.45, 7) is 4.96. The zero-order chi connectivity index (χ0) is 20.0. The van der Waals surface area contributed by atoms with Gasteiger partial charge in [0.2, 0.25) is 11.8 Å². The number of hydrogen-bond acceptors (Lipinski definition) is 3. The van der Waals surface area contributed by atoms with Crippen molar-refractivity contribution in [3.8, 4) is 5.75 Å². The zero-order valence-corrected chi connectivity index (χ0v) is 17.3. The third-order valence-corrected chi connectivity index (χ3v) is 6.23. The maximum atomic E-state index is 13.2. The molecule has 28 heavy (non-hydrogen) atoms. The Balaban J connectivity index is 1.67. The summed E-state index contributed by atoms with van der Waals surface area (Å²) in [6.07, 6.45) is 9.30. The number of likely N-dealkylation sites (tertiary alicyclic amines) is 1. The molecule has 2 fully saturated rings. The van der Waals surface area contributed by atoms with Gasteiger partial charge in [-0.1, -0.05) is 44.2 Å². The monoisotopic (exact) mass is 386 g/mol. The van der Waals surface area contributed by atoms with Gasteiger partial charge in [-0.2, -0.15) is 0 Å². The summed E-state index contributed by atoms with van der Waals surface area (Å²) in [5.74, 6) is 0.892. The fourth-order valence-corrected chi connectivity index (χ4v) is 4.38. The molecule has 5 heteroatoms. The average Bonchev–Trinajstić information content (AvgIpc) is 2.95. The second kappa shape index (κ2) is 9.44. The molecule has 1 aliphatic heterocycles. The third-order valence-electron chi connectivity index (χ3n) is 6.23. The number of ether oxygens (including phenoxy) is 1. The first-order valence-electron chi connectivity index (χ1n) is 10.9. The number of rotatable bonds is 6. The molecule has 1 N–H and O–H groups in total. The Morgan fingerprint density at radius 2 is 1.79 bits per heavy atom. The van der Waals surface area contributed by atoms with Crippen molar-refractivity contribution in [3.05, 3.63) is 29.8 Å². The molecule has 2 amide bonds. The Hall–Kier alpha value is -2.04. The van der Waals surface area contributed by atoms with E-state index in [2.05, 4.69) is 5.32 Å². The van der Waals surface area contributed by atoms with Gasteiger partial charge >= 0.3 is 0 Å². The smallest absolute Gasteiger partial charge is 0.245 e. The molecule has 154 valence electrons. The molecule has 1 atom stereocenters.